The van der Waals surface area contributed by atoms with Gasteiger partial charge in [0.15, 0.2) is 0 Å². The molecule has 0 radical (unpaired) electrons. The number of Topliss-reactive ketones (excluding diaryl/α,β-unsaturated/α-hetero) is 1. The van der Waals surface area contributed by atoms with Crippen LogP contribution in [-0.2, 0) is 14.3 Å². The van der Waals surface area contributed by atoms with E-state index in [-0.39, 0.29) is 42.6 Å². The summed E-state index contributed by atoms with van der Waals surface area (Å²) in [6.45, 7) is 6.28. The van der Waals surface area contributed by atoms with Crippen molar-refractivity contribution in [3.8, 4) is 0 Å². The zero-order chi connectivity index (χ0) is 22.8. The summed E-state index contributed by atoms with van der Waals surface area (Å²) in [6.07, 6.45) is 5.12. The number of fused-ring (bicyclic) bond motifs is 5. The van der Waals surface area contributed by atoms with Gasteiger partial charge in [-0.2, -0.15) is 0 Å². The number of aliphatic hydroxyl groups is 1. The van der Waals surface area contributed by atoms with Crippen LogP contribution in [0.1, 0.15) is 77.2 Å². The SMILES string of the molecule is C.COC(=O)OC1CC[C@@]2(C)C(=C[C@@H](c3ccc(C)o3)C3C2[C@H](O)C[C@]2(C)C(=O)CCC32)C1. The first-order valence-corrected chi connectivity index (χ1v) is 11.9. The highest BCUT2D eigenvalue weighted by Crippen LogP contribution is 2.66. The number of allylic oxidation sites excluding steroid dienone is 1. The van der Waals surface area contributed by atoms with Crippen LogP contribution in [0.2, 0.25) is 0 Å². The van der Waals surface area contributed by atoms with E-state index in [9.17, 15) is 14.7 Å². The predicted molar refractivity (Wildman–Crippen MR) is 124 cm³/mol. The third-order valence-electron chi connectivity index (χ3n) is 9.28. The van der Waals surface area contributed by atoms with Gasteiger partial charge < -0.3 is 19.0 Å². The first-order chi connectivity index (χ1) is 15.2. The fourth-order valence-electron chi connectivity index (χ4n) is 7.73. The monoisotopic (exact) mass is 458 g/mol. The van der Waals surface area contributed by atoms with E-state index in [1.165, 1.54) is 12.7 Å². The number of furan rings is 1. The van der Waals surface area contributed by atoms with Gasteiger partial charge in [-0.1, -0.05) is 32.9 Å². The normalized spacial score (nSPS) is 41.7. The minimum atomic E-state index is -0.649. The summed E-state index contributed by atoms with van der Waals surface area (Å²) in [5, 5.41) is 11.5. The van der Waals surface area contributed by atoms with E-state index >= 15 is 0 Å². The van der Waals surface area contributed by atoms with E-state index < -0.39 is 17.7 Å². The van der Waals surface area contributed by atoms with Crippen LogP contribution in [0.15, 0.2) is 28.2 Å². The number of aliphatic hydroxyl groups excluding tert-OH is 1. The van der Waals surface area contributed by atoms with Crippen LogP contribution in [0.4, 0.5) is 4.79 Å². The van der Waals surface area contributed by atoms with Crippen molar-refractivity contribution < 1.29 is 28.6 Å². The average Bonchev–Trinajstić information content (AvgIpc) is 3.30. The van der Waals surface area contributed by atoms with E-state index in [1.807, 2.05) is 19.1 Å². The predicted octanol–water partition coefficient (Wildman–Crippen LogP) is 5.57. The van der Waals surface area contributed by atoms with Crippen molar-refractivity contribution >= 4 is 11.9 Å². The lowest BCUT2D eigenvalue weighted by Crippen LogP contribution is -2.58. The Morgan fingerprint density at radius 1 is 1.21 bits per heavy atom. The van der Waals surface area contributed by atoms with Gasteiger partial charge in [-0.05, 0) is 67.9 Å². The molecule has 182 valence electrons. The quantitative estimate of drug-likeness (QED) is 0.460. The Morgan fingerprint density at radius 3 is 2.64 bits per heavy atom. The molecule has 6 nitrogen and oxygen atoms in total. The molecule has 1 heterocycles. The van der Waals surface area contributed by atoms with Crippen LogP contribution >= 0.6 is 0 Å². The van der Waals surface area contributed by atoms with E-state index in [2.05, 4.69) is 19.9 Å². The first kappa shape index (κ1) is 24.1. The molecule has 0 aliphatic heterocycles. The number of rotatable bonds is 2. The molecule has 6 heteroatoms. The fourth-order valence-corrected chi connectivity index (χ4v) is 7.73. The van der Waals surface area contributed by atoms with Crippen LogP contribution in [0.5, 0.6) is 0 Å². The van der Waals surface area contributed by atoms with E-state index in [0.717, 1.165) is 30.8 Å². The van der Waals surface area contributed by atoms with Gasteiger partial charge in [-0.15, -0.1) is 0 Å². The first-order valence-electron chi connectivity index (χ1n) is 11.9. The maximum atomic E-state index is 12.9. The highest BCUT2D eigenvalue weighted by atomic mass is 16.7. The summed E-state index contributed by atoms with van der Waals surface area (Å²) < 4.78 is 16.3. The molecule has 4 unspecified atom stereocenters. The Kier molecular flexibility index (Phi) is 6.05. The molecular weight excluding hydrogens is 420 g/mol. The van der Waals surface area contributed by atoms with Gasteiger partial charge in [-0.3, -0.25) is 4.79 Å². The lowest BCUT2D eigenvalue weighted by molar-refractivity contribution is -0.147. The molecule has 3 fully saturated rings. The van der Waals surface area contributed by atoms with Crippen LogP contribution < -0.4 is 0 Å². The van der Waals surface area contributed by atoms with Gasteiger partial charge in [0.2, 0.25) is 0 Å². The number of carbonyl (C=O) groups excluding carboxylic acids is 2. The highest BCUT2D eigenvalue weighted by molar-refractivity contribution is 5.87. The van der Waals surface area contributed by atoms with Crippen molar-refractivity contribution in [1.82, 2.24) is 0 Å². The lowest BCUT2D eigenvalue weighted by atomic mass is 9.45. The van der Waals surface area contributed by atoms with E-state index in [4.69, 9.17) is 13.9 Å². The Labute approximate surface area is 196 Å². The topological polar surface area (TPSA) is 86.0 Å². The van der Waals surface area contributed by atoms with Gasteiger partial charge in [0.25, 0.3) is 0 Å². The molecule has 0 spiro atoms. The molecule has 33 heavy (non-hydrogen) atoms. The summed E-state index contributed by atoms with van der Waals surface area (Å²) in [5.74, 6) is 2.48. The largest absolute Gasteiger partial charge is 0.508 e. The van der Waals surface area contributed by atoms with Crippen molar-refractivity contribution in [2.24, 2.45) is 28.6 Å². The molecule has 0 amide bonds. The molecule has 4 aliphatic carbocycles. The molecular formula is C27H38O6. The average molecular weight is 459 g/mol. The molecule has 0 bridgehead atoms. The maximum absolute atomic E-state index is 12.9. The summed E-state index contributed by atoms with van der Waals surface area (Å²) in [6, 6.07) is 4.02. The van der Waals surface area contributed by atoms with Crippen LogP contribution in [-0.4, -0.2) is 36.4 Å². The maximum Gasteiger partial charge on any atom is 0.508 e. The second-order valence-corrected chi connectivity index (χ2v) is 10.9. The summed E-state index contributed by atoms with van der Waals surface area (Å²) in [5.41, 5.74) is 0.573. The number of hydrogen-bond acceptors (Lipinski definition) is 6. The number of ether oxygens (including phenoxy) is 2. The third-order valence-corrected chi connectivity index (χ3v) is 9.28. The van der Waals surface area contributed by atoms with Crippen molar-refractivity contribution in [2.75, 3.05) is 7.11 Å². The highest BCUT2D eigenvalue weighted by Gasteiger charge is 2.64. The Hall–Kier alpha value is -2.08. The molecule has 1 N–H and O–H groups in total. The number of aryl methyl sites for hydroxylation is 1. The van der Waals surface area contributed by atoms with Crippen LogP contribution in [0.3, 0.4) is 0 Å². The smallest absolute Gasteiger partial charge is 0.466 e. The molecule has 5 rings (SSSR count). The Morgan fingerprint density at radius 2 is 1.97 bits per heavy atom. The minimum Gasteiger partial charge on any atom is -0.466 e. The molecule has 4 aliphatic rings. The van der Waals surface area contributed by atoms with Gasteiger partial charge in [-0.25, -0.2) is 4.79 Å². The number of methoxy groups -OCH3 is 1. The van der Waals surface area contributed by atoms with Gasteiger partial charge in [0.05, 0.1) is 13.2 Å². The fraction of sp³-hybridized carbons (Fsp3) is 0.704. The van der Waals surface area contributed by atoms with Crippen molar-refractivity contribution in [3.63, 3.8) is 0 Å². The van der Waals surface area contributed by atoms with Crippen LogP contribution in [0.25, 0.3) is 0 Å². The summed E-state index contributed by atoms with van der Waals surface area (Å²) in [7, 11) is 1.33. The Balaban J connectivity index is 0.00000259. The van der Waals surface area contributed by atoms with Gasteiger partial charge >= 0.3 is 6.16 Å². The zero-order valence-corrected chi connectivity index (χ0v) is 19.4. The zero-order valence-electron chi connectivity index (χ0n) is 19.4. The van der Waals surface area contributed by atoms with Gasteiger partial charge in [0, 0.05) is 24.2 Å². The number of ketones is 1. The van der Waals surface area contributed by atoms with Crippen molar-refractivity contribution in [3.05, 3.63) is 35.3 Å². The molecule has 1 aromatic heterocycles. The standard InChI is InChI=1S/C26H34O6.CH4/c1-14-5-7-20(31-14)17-12-15-11-16(32-24(29)30-4)9-10-25(15,2)23-19(27)13-26(3)18(22(17)23)6-8-21(26)28;/h5,7,12,16-19,22-23,27H,6,8-11,13H2,1-4H3;1H4/t16?,17-,18?,19+,22?,23?,25-,26-;/m0./s1. The number of carbonyl (C=O) groups is 2. The summed E-state index contributed by atoms with van der Waals surface area (Å²) in [4.78, 5) is 24.7. The van der Waals surface area contributed by atoms with Crippen molar-refractivity contribution in [2.45, 2.75) is 84.8 Å². The summed E-state index contributed by atoms with van der Waals surface area (Å²) >= 11 is 0. The number of hydrogen-bond donors (Lipinski definition) is 1. The second kappa shape index (κ2) is 8.30. The van der Waals surface area contributed by atoms with Gasteiger partial charge in [0.1, 0.15) is 23.4 Å². The molecule has 8 atom stereocenters. The minimum absolute atomic E-state index is 0. The van der Waals surface area contributed by atoms with E-state index in [1.54, 1.807) is 0 Å². The molecule has 0 aromatic carbocycles. The molecule has 1 aromatic rings. The molecule has 0 saturated heterocycles. The molecule has 3 saturated carbocycles. The lowest BCUT2D eigenvalue weighted by Gasteiger charge is -2.60. The second-order valence-electron chi connectivity index (χ2n) is 10.9. The Bertz CT molecular complexity index is 962. The third kappa shape index (κ3) is 3.56. The van der Waals surface area contributed by atoms with Crippen LogP contribution in [0, 0.1) is 35.5 Å². The van der Waals surface area contributed by atoms with Crippen molar-refractivity contribution in [1.29, 1.82) is 0 Å². The van der Waals surface area contributed by atoms with E-state index in [0.29, 0.717) is 25.0 Å².